The molecule has 0 unspecified atom stereocenters. The summed E-state index contributed by atoms with van der Waals surface area (Å²) < 4.78 is 53.7. The number of rotatable bonds is 4. The van der Waals surface area contributed by atoms with E-state index in [1.807, 2.05) is 6.07 Å². The Morgan fingerprint density at radius 1 is 1.41 bits per heavy atom. The third-order valence-electron chi connectivity index (χ3n) is 1.80. The average molecular weight is 312 g/mol. The van der Waals surface area contributed by atoms with Gasteiger partial charge in [-0.15, -0.1) is 0 Å². The number of hydrogen-bond donors (Lipinski definition) is 0. The van der Waals surface area contributed by atoms with Crippen molar-refractivity contribution in [3.63, 3.8) is 0 Å². The van der Waals surface area contributed by atoms with Crippen molar-refractivity contribution in [2.75, 3.05) is 6.61 Å². The van der Waals surface area contributed by atoms with Crippen LogP contribution in [-0.2, 0) is 0 Å². The molecule has 0 aliphatic carbocycles. The lowest BCUT2D eigenvalue weighted by molar-refractivity contribution is -0.148. The van der Waals surface area contributed by atoms with Crippen LogP contribution in [0.1, 0.15) is 5.56 Å². The van der Waals surface area contributed by atoms with E-state index in [1.54, 1.807) is 0 Å². The second-order valence-electron chi connectivity index (χ2n) is 3.11. The Bertz CT molecular complexity index is 444. The van der Waals surface area contributed by atoms with Crippen LogP contribution in [0.2, 0.25) is 0 Å². The monoisotopic (exact) mass is 311 g/mol. The summed E-state index contributed by atoms with van der Waals surface area (Å²) in [6, 6.07) is 5.76. The zero-order valence-corrected chi connectivity index (χ0v) is 9.85. The minimum Gasteiger partial charge on any atom is -0.486 e. The summed E-state index contributed by atoms with van der Waals surface area (Å²) in [4.78, 5) is 0. The molecule has 0 saturated carbocycles. The fourth-order valence-corrected chi connectivity index (χ4v) is 1.42. The standard InChI is InChI=1S/C10H6BrF4NO/c11-7-3-6(4-16)1-2-8(7)17-5-10(14,15)9(12)13/h1-3,9H,5H2. The molecule has 7 heteroatoms. The molecule has 0 aromatic heterocycles. The maximum absolute atomic E-state index is 12.6. The molecule has 0 N–H and O–H groups in total. The second kappa shape index (κ2) is 5.36. The molecule has 0 spiro atoms. The van der Waals surface area contributed by atoms with Gasteiger partial charge in [-0.25, -0.2) is 8.78 Å². The van der Waals surface area contributed by atoms with Crippen LogP contribution < -0.4 is 4.74 Å². The zero-order chi connectivity index (χ0) is 13.1. The van der Waals surface area contributed by atoms with Crippen LogP contribution in [0.15, 0.2) is 22.7 Å². The molecule has 1 aromatic carbocycles. The lowest BCUT2D eigenvalue weighted by atomic mass is 10.2. The molecule has 0 atom stereocenters. The Labute approximate surface area is 103 Å². The number of alkyl halides is 4. The lowest BCUT2D eigenvalue weighted by Gasteiger charge is -2.16. The van der Waals surface area contributed by atoms with Crippen LogP contribution in [0, 0.1) is 11.3 Å². The summed E-state index contributed by atoms with van der Waals surface area (Å²) >= 11 is 2.98. The van der Waals surface area contributed by atoms with Gasteiger partial charge in [-0.2, -0.15) is 14.0 Å². The lowest BCUT2D eigenvalue weighted by Crippen LogP contribution is -2.33. The van der Waals surface area contributed by atoms with Gasteiger partial charge in [0.15, 0.2) is 6.61 Å². The van der Waals surface area contributed by atoms with Crippen molar-refractivity contribution in [2.45, 2.75) is 12.3 Å². The van der Waals surface area contributed by atoms with E-state index >= 15 is 0 Å². The van der Waals surface area contributed by atoms with E-state index in [1.165, 1.54) is 18.2 Å². The minimum atomic E-state index is -4.20. The van der Waals surface area contributed by atoms with E-state index in [9.17, 15) is 17.6 Å². The van der Waals surface area contributed by atoms with Crippen LogP contribution in [0.5, 0.6) is 5.75 Å². The molecule has 1 aromatic rings. The molecule has 2 nitrogen and oxygen atoms in total. The molecule has 0 amide bonds. The Morgan fingerprint density at radius 2 is 2.06 bits per heavy atom. The molecule has 0 radical (unpaired) electrons. The molecule has 0 fully saturated rings. The summed E-state index contributed by atoms with van der Waals surface area (Å²) in [5.41, 5.74) is 0.296. The maximum atomic E-state index is 12.6. The molecule has 0 heterocycles. The highest BCUT2D eigenvalue weighted by atomic mass is 79.9. The Kier molecular flexibility index (Phi) is 4.34. The summed E-state index contributed by atoms with van der Waals surface area (Å²) in [5, 5.41) is 8.55. The Hall–Kier alpha value is -1.29. The molecular weight excluding hydrogens is 306 g/mol. The number of hydrogen-bond acceptors (Lipinski definition) is 2. The van der Waals surface area contributed by atoms with Gasteiger partial charge in [0.25, 0.3) is 0 Å². The first-order valence-electron chi connectivity index (χ1n) is 4.35. The number of halogens is 5. The first-order valence-corrected chi connectivity index (χ1v) is 5.14. The Morgan fingerprint density at radius 3 is 2.53 bits per heavy atom. The van der Waals surface area contributed by atoms with Gasteiger partial charge in [-0.1, -0.05) is 0 Å². The fraction of sp³-hybridized carbons (Fsp3) is 0.300. The maximum Gasteiger partial charge on any atom is 0.340 e. The van der Waals surface area contributed by atoms with Gasteiger partial charge < -0.3 is 4.74 Å². The number of ether oxygens (including phenoxy) is 1. The van der Waals surface area contributed by atoms with Crippen LogP contribution >= 0.6 is 15.9 Å². The van der Waals surface area contributed by atoms with E-state index in [0.717, 1.165) is 0 Å². The van der Waals surface area contributed by atoms with Gasteiger partial charge in [0.2, 0.25) is 0 Å². The van der Waals surface area contributed by atoms with Gasteiger partial charge in [0.05, 0.1) is 16.1 Å². The summed E-state index contributed by atoms with van der Waals surface area (Å²) in [6.45, 7) is -1.42. The molecule has 0 aliphatic rings. The predicted octanol–water partition coefficient (Wildman–Crippen LogP) is 3.60. The van der Waals surface area contributed by atoms with Crippen molar-refractivity contribution in [2.24, 2.45) is 0 Å². The first-order chi connectivity index (χ1) is 7.86. The minimum absolute atomic E-state index is 0.0238. The second-order valence-corrected chi connectivity index (χ2v) is 3.96. The molecule has 17 heavy (non-hydrogen) atoms. The van der Waals surface area contributed by atoms with Crippen molar-refractivity contribution < 1.29 is 22.3 Å². The van der Waals surface area contributed by atoms with Crippen LogP contribution in [0.4, 0.5) is 17.6 Å². The zero-order valence-electron chi connectivity index (χ0n) is 8.26. The summed E-state index contributed by atoms with van der Waals surface area (Å²) in [6.07, 6.45) is -3.78. The van der Waals surface area contributed by atoms with Crippen LogP contribution in [0.3, 0.4) is 0 Å². The van der Waals surface area contributed by atoms with Crippen molar-refractivity contribution in [3.05, 3.63) is 28.2 Å². The summed E-state index contributed by atoms with van der Waals surface area (Å²) in [5.74, 6) is -4.22. The molecule has 0 bridgehead atoms. The van der Waals surface area contributed by atoms with E-state index in [-0.39, 0.29) is 10.2 Å². The van der Waals surface area contributed by atoms with Gasteiger partial charge in [0.1, 0.15) is 5.75 Å². The van der Waals surface area contributed by atoms with Crippen LogP contribution in [0.25, 0.3) is 0 Å². The first kappa shape index (κ1) is 13.8. The third-order valence-corrected chi connectivity index (χ3v) is 2.42. The molecule has 0 saturated heterocycles. The fourth-order valence-electron chi connectivity index (χ4n) is 0.924. The molecule has 92 valence electrons. The van der Waals surface area contributed by atoms with Gasteiger partial charge in [0, 0.05) is 0 Å². The normalized spacial score (nSPS) is 11.4. The topological polar surface area (TPSA) is 33.0 Å². The summed E-state index contributed by atoms with van der Waals surface area (Å²) in [7, 11) is 0. The third kappa shape index (κ3) is 3.60. The van der Waals surface area contributed by atoms with E-state index < -0.39 is 19.0 Å². The highest BCUT2D eigenvalue weighted by molar-refractivity contribution is 9.10. The average Bonchev–Trinajstić information content (AvgIpc) is 2.27. The predicted molar refractivity (Wildman–Crippen MR) is 55.3 cm³/mol. The van der Waals surface area contributed by atoms with Crippen molar-refractivity contribution in [3.8, 4) is 11.8 Å². The van der Waals surface area contributed by atoms with Gasteiger partial charge >= 0.3 is 12.3 Å². The van der Waals surface area contributed by atoms with Crippen LogP contribution in [-0.4, -0.2) is 19.0 Å². The van der Waals surface area contributed by atoms with Gasteiger partial charge in [-0.05, 0) is 34.1 Å². The van der Waals surface area contributed by atoms with Crippen molar-refractivity contribution in [1.82, 2.24) is 0 Å². The highest BCUT2D eigenvalue weighted by Crippen LogP contribution is 2.29. The number of nitriles is 1. The van der Waals surface area contributed by atoms with E-state index in [2.05, 4.69) is 20.7 Å². The quantitative estimate of drug-likeness (QED) is 0.796. The SMILES string of the molecule is N#Cc1ccc(OCC(F)(F)C(F)F)c(Br)c1. The smallest absolute Gasteiger partial charge is 0.340 e. The Balaban J connectivity index is 2.74. The van der Waals surface area contributed by atoms with Crippen molar-refractivity contribution >= 4 is 15.9 Å². The van der Waals surface area contributed by atoms with Gasteiger partial charge in [-0.3, -0.25) is 0 Å². The highest BCUT2D eigenvalue weighted by Gasteiger charge is 2.41. The number of nitrogens with zero attached hydrogens (tertiary/aromatic N) is 1. The molecule has 1 rings (SSSR count). The van der Waals surface area contributed by atoms with Crippen molar-refractivity contribution in [1.29, 1.82) is 5.26 Å². The van der Waals surface area contributed by atoms with E-state index in [4.69, 9.17) is 5.26 Å². The van der Waals surface area contributed by atoms with E-state index in [0.29, 0.717) is 5.56 Å². The number of benzene rings is 1. The molecule has 0 aliphatic heterocycles. The molecular formula is C10H6BrF4NO. The largest absolute Gasteiger partial charge is 0.486 e.